The van der Waals surface area contributed by atoms with Crippen LogP contribution in [0.1, 0.15) is 40.0 Å². The Kier molecular flexibility index (Phi) is 11.0. The van der Waals surface area contributed by atoms with E-state index in [4.69, 9.17) is 21.7 Å². The van der Waals surface area contributed by atoms with Crippen LogP contribution in [0.15, 0.2) is 0 Å². The second-order valence-electron chi connectivity index (χ2n) is 7.07. The van der Waals surface area contributed by atoms with Crippen molar-refractivity contribution in [1.29, 1.82) is 0 Å². The van der Waals surface area contributed by atoms with Crippen LogP contribution in [0.4, 0.5) is 0 Å². The number of carbonyl (C=O) groups is 6. The fourth-order valence-electron chi connectivity index (χ4n) is 2.30. The van der Waals surface area contributed by atoms with Crippen LogP contribution >= 0.6 is 0 Å². The van der Waals surface area contributed by atoms with Crippen LogP contribution in [0.25, 0.3) is 0 Å². The van der Waals surface area contributed by atoms with Gasteiger partial charge in [0, 0.05) is 6.42 Å². The molecule has 0 aromatic carbocycles. The van der Waals surface area contributed by atoms with E-state index in [9.17, 15) is 28.8 Å². The first kappa shape index (κ1) is 26.8. The minimum atomic E-state index is -1.44. The Balaban J connectivity index is 4.99. The predicted molar refractivity (Wildman–Crippen MR) is 103 cm³/mol. The molecule has 0 aromatic rings. The highest BCUT2D eigenvalue weighted by molar-refractivity contribution is 5.95. The normalized spacial score (nSPS) is 14.7. The van der Waals surface area contributed by atoms with Gasteiger partial charge in [-0.3, -0.25) is 24.0 Å². The number of carbonyl (C=O) groups excluding carboxylic acids is 4. The molecule has 13 nitrogen and oxygen atoms in total. The van der Waals surface area contributed by atoms with Gasteiger partial charge < -0.3 is 37.6 Å². The number of nitrogens with two attached hydrogens (primary N) is 2. The summed E-state index contributed by atoms with van der Waals surface area (Å²) in [7, 11) is 0. The smallest absolute Gasteiger partial charge is 0.326 e. The summed E-state index contributed by atoms with van der Waals surface area (Å²) < 4.78 is 0. The maximum atomic E-state index is 12.5. The maximum absolute atomic E-state index is 12.5. The molecular weight excluding hydrogens is 402 g/mol. The van der Waals surface area contributed by atoms with Gasteiger partial charge in [-0.25, -0.2) is 4.79 Å². The largest absolute Gasteiger partial charge is 0.481 e. The molecular formula is C17H29N5O8. The van der Waals surface area contributed by atoms with Crippen LogP contribution in [0.5, 0.6) is 0 Å². The first-order valence-corrected chi connectivity index (χ1v) is 9.15. The lowest BCUT2D eigenvalue weighted by Gasteiger charge is -2.25. The quantitative estimate of drug-likeness (QED) is 0.160. The van der Waals surface area contributed by atoms with E-state index in [2.05, 4.69) is 16.0 Å². The van der Waals surface area contributed by atoms with Gasteiger partial charge in [-0.05, 0) is 19.3 Å². The molecule has 0 spiro atoms. The van der Waals surface area contributed by atoms with Gasteiger partial charge in [-0.2, -0.15) is 0 Å². The molecule has 30 heavy (non-hydrogen) atoms. The lowest BCUT2D eigenvalue weighted by Crippen LogP contribution is -2.58. The number of rotatable bonds is 13. The first-order chi connectivity index (χ1) is 13.8. The van der Waals surface area contributed by atoms with Gasteiger partial charge in [0.15, 0.2) is 0 Å². The minimum absolute atomic E-state index is 0.334. The van der Waals surface area contributed by atoms with E-state index in [1.807, 2.05) is 0 Å². The van der Waals surface area contributed by atoms with E-state index >= 15 is 0 Å². The molecule has 0 saturated heterocycles. The second kappa shape index (κ2) is 12.4. The number of nitrogens with one attached hydrogen (secondary N) is 3. The van der Waals surface area contributed by atoms with Crippen LogP contribution in [-0.2, 0) is 28.8 Å². The monoisotopic (exact) mass is 431 g/mol. The van der Waals surface area contributed by atoms with Crippen molar-refractivity contribution in [3.63, 3.8) is 0 Å². The number of carboxylic acid groups (broad SMARTS) is 2. The summed E-state index contributed by atoms with van der Waals surface area (Å²) in [6.07, 6.45) is -1.21. The third kappa shape index (κ3) is 9.82. The summed E-state index contributed by atoms with van der Waals surface area (Å²) >= 11 is 0. The van der Waals surface area contributed by atoms with Crippen molar-refractivity contribution in [2.24, 2.45) is 17.4 Å². The molecule has 4 atom stereocenters. The molecule has 0 heterocycles. The van der Waals surface area contributed by atoms with Gasteiger partial charge in [-0.15, -0.1) is 0 Å². The van der Waals surface area contributed by atoms with Crippen molar-refractivity contribution >= 4 is 35.6 Å². The van der Waals surface area contributed by atoms with Crippen LogP contribution in [0, 0.1) is 5.92 Å². The van der Waals surface area contributed by atoms with Crippen molar-refractivity contribution in [2.75, 3.05) is 0 Å². The molecule has 9 N–H and O–H groups in total. The Morgan fingerprint density at radius 1 is 0.867 bits per heavy atom. The molecule has 4 unspecified atom stereocenters. The zero-order chi connectivity index (χ0) is 23.6. The molecule has 0 saturated carbocycles. The highest BCUT2D eigenvalue weighted by Crippen LogP contribution is 2.04. The van der Waals surface area contributed by atoms with E-state index in [0.29, 0.717) is 0 Å². The van der Waals surface area contributed by atoms with Gasteiger partial charge >= 0.3 is 11.9 Å². The predicted octanol–water partition coefficient (Wildman–Crippen LogP) is -2.73. The average molecular weight is 431 g/mol. The summed E-state index contributed by atoms with van der Waals surface area (Å²) in [5.74, 6) is -6.19. The summed E-state index contributed by atoms with van der Waals surface area (Å²) in [6, 6.07) is -4.96. The number of amides is 4. The van der Waals surface area contributed by atoms with E-state index in [-0.39, 0.29) is 6.42 Å². The first-order valence-electron chi connectivity index (χ1n) is 9.15. The standard InChI is InChI=1S/C17H29N5O8/c1-7(2)13(22-15(27)9(18)6-11(19)23)16(28)20-8(3)14(26)21-10(17(29)30)4-5-12(24)25/h7-10,13H,4-6,18H2,1-3H3,(H2,19,23)(H,20,28)(H,21,26)(H,22,27)(H,24,25)(H,29,30). The molecule has 0 aromatic heterocycles. The molecule has 0 aliphatic carbocycles. The van der Waals surface area contributed by atoms with Crippen LogP contribution in [0.3, 0.4) is 0 Å². The van der Waals surface area contributed by atoms with Gasteiger partial charge in [0.25, 0.3) is 0 Å². The Bertz CT molecular complexity index is 681. The van der Waals surface area contributed by atoms with Crippen molar-refractivity contribution in [3.8, 4) is 0 Å². The van der Waals surface area contributed by atoms with E-state index < -0.39 is 78.5 Å². The fourth-order valence-corrected chi connectivity index (χ4v) is 2.30. The number of primary amides is 1. The van der Waals surface area contributed by atoms with Gasteiger partial charge in [0.1, 0.15) is 18.1 Å². The Labute approximate surface area is 172 Å². The molecule has 4 amide bonds. The topological polar surface area (TPSA) is 231 Å². The molecule has 0 fully saturated rings. The third-order valence-corrected chi connectivity index (χ3v) is 4.02. The molecule has 0 aliphatic heterocycles. The molecule has 0 aliphatic rings. The SMILES string of the molecule is CC(NC(=O)C(NC(=O)C(N)CC(N)=O)C(C)C)C(=O)NC(CCC(=O)O)C(=O)O. The Hall–Kier alpha value is -3.22. The van der Waals surface area contributed by atoms with Crippen molar-refractivity contribution in [3.05, 3.63) is 0 Å². The van der Waals surface area contributed by atoms with Crippen LogP contribution < -0.4 is 27.4 Å². The highest BCUT2D eigenvalue weighted by Gasteiger charge is 2.30. The molecule has 0 bridgehead atoms. The molecule has 0 radical (unpaired) electrons. The maximum Gasteiger partial charge on any atom is 0.326 e. The van der Waals surface area contributed by atoms with Crippen molar-refractivity contribution < 1.29 is 39.0 Å². The summed E-state index contributed by atoms with van der Waals surface area (Å²) in [6.45, 7) is 4.55. The summed E-state index contributed by atoms with van der Waals surface area (Å²) in [5, 5.41) is 24.6. The Morgan fingerprint density at radius 3 is 1.87 bits per heavy atom. The van der Waals surface area contributed by atoms with Gasteiger partial charge in [0.2, 0.25) is 23.6 Å². The second-order valence-corrected chi connectivity index (χ2v) is 7.07. The third-order valence-electron chi connectivity index (χ3n) is 4.02. The fraction of sp³-hybridized carbons (Fsp3) is 0.647. The number of aliphatic carboxylic acids is 2. The molecule has 0 rings (SSSR count). The average Bonchev–Trinajstić information content (AvgIpc) is 2.60. The highest BCUT2D eigenvalue weighted by atomic mass is 16.4. The number of hydrogen-bond donors (Lipinski definition) is 7. The van der Waals surface area contributed by atoms with E-state index in [1.54, 1.807) is 13.8 Å². The molecule has 13 heteroatoms. The lowest BCUT2D eigenvalue weighted by molar-refractivity contribution is -0.143. The van der Waals surface area contributed by atoms with E-state index in [0.717, 1.165) is 0 Å². The van der Waals surface area contributed by atoms with E-state index in [1.165, 1.54) is 6.92 Å². The van der Waals surface area contributed by atoms with Crippen molar-refractivity contribution in [2.45, 2.75) is 64.2 Å². The number of carboxylic acids is 2. The zero-order valence-electron chi connectivity index (χ0n) is 17.0. The summed E-state index contributed by atoms with van der Waals surface area (Å²) in [4.78, 5) is 69.3. The minimum Gasteiger partial charge on any atom is -0.481 e. The van der Waals surface area contributed by atoms with Crippen molar-refractivity contribution in [1.82, 2.24) is 16.0 Å². The van der Waals surface area contributed by atoms with Gasteiger partial charge in [-0.1, -0.05) is 13.8 Å². The Morgan fingerprint density at radius 2 is 1.43 bits per heavy atom. The van der Waals surface area contributed by atoms with Gasteiger partial charge in [0.05, 0.1) is 12.5 Å². The summed E-state index contributed by atoms with van der Waals surface area (Å²) in [5.41, 5.74) is 10.5. The van der Waals surface area contributed by atoms with Crippen LogP contribution in [0.2, 0.25) is 0 Å². The lowest BCUT2D eigenvalue weighted by atomic mass is 10.0. The molecule has 170 valence electrons. The zero-order valence-corrected chi connectivity index (χ0v) is 17.0. The number of hydrogen-bond acceptors (Lipinski definition) is 7. The van der Waals surface area contributed by atoms with Crippen LogP contribution in [-0.4, -0.2) is 69.9 Å².